The van der Waals surface area contributed by atoms with E-state index in [0.717, 1.165) is 11.3 Å². The topological polar surface area (TPSA) is 55.8 Å². The van der Waals surface area contributed by atoms with Gasteiger partial charge in [-0.15, -0.1) is 0 Å². The zero-order valence-corrected chi connectivity index (χ0v) is 10.6. The van der Waals surface area contributed by atoms with Gasteiger partial charge in [-0.25, -0.2) is 9.59 Å². The Morgan fingerprint density at radius 1 is 1.28 bits per heavy atom. The summed E-state index contributed by atoms with van der Waals surface area (Å²) in [4.78, 5) is 24.7. The van der Waals surface area contributed by atoms with Gasteiger partial charge in [0.2, 0.25) is 0 Å². The number of amides is 1. The normalized spacial score (nSPS) is 17.3. The molecule has 1 aliphatic heterocycles. The van der Waals surface area contributed by atoms with E-state index in [1.54, 1.807) is 23.1 Å². The summed E-state index contributed by atoms with van der Waals surface area (Å²) in [6.45, 7) is 1.94. The monoisotopic (exact) mass is 249 g/mol. The zero-order valence-electron chi connectivity index (χ0n) is 10.6. The first-order valence-electron chi connectivity index (χ1n) is 5.67. The zero-order chi connectivity index (χ0) is 13.3. The van der Waals surface area contributed by atoms with Gasteiger partial charge < -0.3 is 9.47 Å². The summed E-state index contributed by atoms with van der Waals surface area (Å²) in [5, 5.41) is 0. The molecule has 0 saturated heterocycles. The second-order valence-corrected chi connectivity index (χ2v) is 4.23. The highest BCUT2D eigenvalue weighted by molar-refractivity contribution is 5.94. The number of hydrogen-bond acceptors (Lipinski definition) is 4. The van der Waals surface area contributed by atoms with E-state index in [0.29, 0.717) is 12.0 Å². The molecule has 5 heteroatoms. The van der Waals surface area contributed by atoms with Gasteiger partial charge in [-0.3, -0.25) is 4.90 Å². The van der Waals surface area contributed by atoms with E-state index in [4.69, 9.17) is 4.74 Å². The van der Waals surface area contributed by atoms with E-state index >= 15 is 0 Å². The van der Waals surface area contributed by atoms with Gasteiger partial charge in [0, 0.05) is 6.04 Å². The molecule has 0 aliphatic carbocycles. The largest absolute Gasteiger partial charge is 0.465 e. The van der Waals surface area contributed by atoms with Crippen molar-refractivity contribution < 1.29 is 19.1 Å². The third kappa shape index (κ3) is 1.92. The molecule has 2 rings (SSSR count). The van der Waals surface area contributed by atoms with Gasteiger partial charge in [0.1, 0.15) is 0 Å². The molecule has 5 nitrogen and oxygen atoms in total. The van der Waals surface area contributed by atoms with Crippen molar-refractivity contribution in [3.05, 3.63) is 29.3 Å². The van der Waals surface area contributed by atoms with Crippen molar-refractivity contribution >= 4 is 17.7 Å². The summed E-state index contributed by atoms with van der Waals surface area (Å²) >= 11 is 0. The molecular weight excluding hydrogens is 234 g/mol. The second-order valence-electron chi connectivity index (χ2n) is 4.23. The van der Waals surface area contributed by atoms with E-state index in [9.17, 15) is 9.59 Å². The molecule has 0 N–H and O–H groups in total. The molecule has 1 heterocycles. The molecule has 1 aromatic rings. The number of anilines is 1. The van der Waals surface area contributed by atoms with Crippen LogP contribution in [-0.2, 0) is 15.9 Å². The summed E-state index contributed by atoms with van der Waals surface area (Å²) in [5.41, 5.74) is 2.24. The van der Waals surface area contributed by atoms with Crippen LogP contribution in [-0.4, -0.2) is 32.3 Å². The first-order valence-corrected chi connectivity index (χ1v) is 5.67. The molecule has 1 amide bonds. The highest BCUT2D eigenvalue weighted by atomic mass is 16.5. The van der Waals surface area contributed by atoms with Crippen LogP contribution < -0.4 is 4.90 Å². The van der Waals surface area contributed by atoms with Crippen LogP contribution in [0.15, 0.2) is 18.2 Å². The Kier molecular flexibility index (Phi) is 3.23. The molecule has 1 atom stereocenters. The van der Waals surface area contributed by atoms with Crippen LogP contribution >= 0.6 is 0 Å². The standard InChI is InChI=1S/C13H15NO4/c1-8-6-10-7-9(12(15)17-2)4-5-11(10)14(8)13(16)18-3/h4-5,7-8H,6H2,1-3H3/t8-/m0/s1. The lowest BCUT2D eigenvalue weighted by molar-refractivity contribution is 0.0600. The molecule has 1 aromatic carbocycles. The Labute approximate surface area is 105 Å². The van der Waals surface area contributed by atoms with Crippen LogP contribution in [0.5, 0.6) is 0 Å². The molecular formula is C13H15NO4. The number of methoxy groups -OCH3 is 2. The number of hydrogen-bond donors (Lipinski definition) is 0. The molecule has 18 heavy (non-hydrogen) atoms. The van der Waals surface area contributed by atoms with Crippen molar-refractivity contribution in [1.82, 2.24) is 0 Å². The number of carbonyl (C=O) groups is 2. The minimum absolute atomic E-state index is 0.0281. The summed E-state index contributed by atoms with van der Waals surface area (Å²) < 4.78 is 9.43. The SMILES string of the molecule is COC(=O)c1ccc2c(c1)C[C@H](C)N2C(=O)OC. The van der Waals surface area contributed by atoms with Gasteiger partial charge in [-0.1, -0.05) is 0 Å². The van der Waals surface area contributed by atoms with E-state index in [-0.39, 0.29) is 18.1 Å². The minimum atomic E-state index is -0.382. The number of benzene rings is 1. The lowest BCUT2D eigenvalue weighted by atomic mass is 10.1. The minimum Gasteiger partial charge on any atom is -0.465 e. The quantitative estimate of drug-likeness (QED) is 0.714. The van der Waals surface area contributed by atoms with Gasteiger partial charge in [0.05, 0.1) is 25.5 Å². The summed E-state index contributed by atoms with van der Waals surface area (Å²) in [5.74, 6) is -0.373. The summed E-state index contributed by atoms with van der Waals surface area (Å²) in [7, 11) is 2.70. The van der Waals surface area contributed by atoms with E-state index in [2.05, 4.69) is 4.74 Å². The Hall–Kier alpha value is -2.04. The molecule has 0 fully saturated rings. The fourth-order valence-electron chi connectivity index (χ4n) is 2.25. The number of ether oxygens (including phenoxy) is 2. The van der Waals surface area contributed by atoms with Crippen LogP contribution in [0.4, 0.5) is 10.5 Å². The average molecular weight is 249 g/mol. The van der Waals surface area contributed by atoms with Gasteiger partial charge in [0.25, 0.3) is 0 Å². The van der Waals surface area contributed by atoms with Crippen LogP contribution in [0.3, 0.4) is 0 Å². The van der Waals surface area contributed by atoms with Crippen molar-refractivity contribution in [2.75, 3.05) is 19.1 Å². The first kappa shape index (κ1) is 12.4. The molecule has 0 aromatic heterocycles. The predicted octanol–water partition coefficient (Wildman–Crippen LogP) is 1.99. The van der Waals surface area contributed by atoms with Gasteiger partial charge >= 0.3 is 12.1 Å². The second kappa shape index (κ2) is 4.68. The number of carbonyl (C=O) groups excluding carboxylic acids is 2. The Bertz CT molecular complexity index is 498. The number of esters is 1. The lowest BCUT2D eigenvalue weighted by Gasteiger charge is -2.20. The van der Waals surface area contributed by atoms with E-state index in [1.807, 2.05) is 6.92 Å². The van der Waals surface area contributed by atoms with Crippen LogP contribution in [0.1, 0.15) is 22.8 Å². The number of fused-ring (bicyclic) bond motifs is 1. The maximum atomic E-state index is 11.7. The van der Waals surface area contributed by atoms with Crippen LogP contribution in [0.25, 0.3) is 0 Å². The van der Waals surface area contributed by atoms with Crippen LogP contribution in [0, 0.1) is 0 Å². The third-order valence-electron chi connectivity index (χ3n) is 3.09. The Balaban J connectivity index is 2.38. The smallest absolute Gasteiger partial charge is 0.414 e. The fourth-order valence-corrected chi connectivity index (χ4v) is 2.25. The molecule has 0 radical (unpaired) electrons. The van der Waals surface area contributed by atoms with Crippen LogP contribution in [0.2, 0.25) is 0 Å². The molecule has 96 valence electrons. The maximum Gasteiger partial charge on any atom is 0.414 e. The highest BCUT2D eigenvalue weighted by Gasteiger charge is 2.32. The summed E-state index contributed by atoms with van der Waals surface area (Å²) in [6.07, 6.45) is 0.321. The van der Waals surface area contributed by atoms with Crippen molar-refractivity contribution in [2.45, 2.75) is 19.4 Å². The Morgan fingerprint density at radius 3 is 2.61 bits per heavy atom. The average Bonchev–Trinajstić information content (AvgIpc) is 2.71. The van der Waals surface area contributed by atoms with Crippen molar-refractivity contribution in [2.24, 2.45) is 0 Å². The highest BCUT2D eigenvalue weighted by Crippen LogP contribution is 2.33. The molecule has 0 unspecified atom stereocenters. The third-order valence-corrected chi connectivity index (χ3v) is 3.09. The Morgan fingerprint density at radius 2 is 2.00 bits per heavy atom. The maximum absolute atomic E-state index is 11.7. The molecule has 0 spiro atoms. The summed E-state index contributed by atoms with van der Waals surface area (Å²) in [6, 6.07) is 5.20. The molecule has 0 bridgehead atoms. The fraction of sp³-hybridized carbons (Fsp3) is 0.385. The number of nitrogens with zero attached hydrogens (tertiary/aromatic N) is 1. The van der Waals surface area contributed by atoms with Crippen molar-refractivity contribution in [3.63, 3.8) is 0 Å². The predicted molar refractivity (Wildman–Crippen MR) is 65.8 cm³/mol. The van der Waals surface area contributed by atoms with Gasteiger partial charge in [-0.05, 0) is 37.1 Å². The van der Waals surface area contributed by atoms with Gasteiger partial charge in [0.15, 0.2) is 0 Å². The van der Waals surface area contributed by atoms with E-state index < -0.39 is 0 Å². The number of rotatable bonds is 1. The molecule has 0 saturated carbocycles. The first-order chi connectivity index (χ1) is 8.58. The lowest BCUT2D eigenvalue weighted by Crippen LogP contribution is -2.35. The van der Waals surface area contributed by atoms with Crippen molar-refractivity contribution in [1.29, 1.82) is 0 Å². The van der Waals surface area contributed by atoms with Gasteiger partial charge in [-0.2, -0.15) is 0 Å². The van der Waals surface area contributed by atoms with E-state index in [1.165, 1.54) is 14.2 Å². The molecule has 1 aliphatic rings. The van der Waals surface area contributed by atoms with Crippen molar-refractivity contribution in [3.8, 4) is 0 Å².